The van der Waals surface area contributed by atoms with Crippen LogP contribution in [0.2, 0.25) is 0 Å². The van der Waals surface area contributed by atoms with Gasteiger partial charge in [0, 0.05) is 86.7 Å². The normalized spacial score (nSPS) is 14.8. The lowest BCUT2D eigenvalue weighted by atomic mass is 9.90. The lowest BCUT2D eigenvalue weighted by Gasteiger charge is -2.29. The Hall–Kier alpha value is -8.87. The minimum Gasteiger partial charge on any atom is -0.310 e. The fourth-order valence-corrected chi connectivity index (χ4v) is 14.5. The molecule has 0 radical (unpaired) electrons. The van der Waals surface area contributed by atoms with E-state index in [-0.39, 0.29) is 0 Å². The molecule has 3 heterocycles. The Morgan fingerprint density at radius 3 is 1.91 bits per heavy atom. The Labute approximate surface area is 444 Å². The molecule has 15 rings (SSSR count). The van der Waals surface area contributed by atoms with Gasteiger partial charge < -0.3 is 14.4 Å². The van der Waals surface area contributed by atoms with E-state index in [1.165, 1.54) is 68.8 Å². The summed E-state index contributed by atoms with van der Waals surface area (Å²) in [5.41, 5.74) is 16.3. The van der Waals surface area contributed by atoms with Crippen LogP contribution < -0.4 is 9.80 Å². The number of aromatic nitrogens is 1. The molecule has 11 aromatic carbocycles. The first-order valence-electron chi connectivity index (χ1n) is 25.7. The van der Waals surface area contributed by atoms with Crippen LogP contribution in [0.5, 0.6) is 0 Å². The number of nitrogens with zero attached hydrogens (tertiary/aromatic N) is 3. The van der Waals surface area contributed by atoms with E-state index >= 15 is 0 Å². The van der Waals surface area contributed by atoms with Gasteiger partial charge in [-0.2, -0.15) is 0 Å². The van der Waals surface area contributed by atoms with Crippen molar-refractivity contribution >= 4 is 110 Å². The van der Waals surface area contributed by atoms with E-state index in [9.17, 15) is 0 Å². The monoisotopic (exact) mass is 993 g/mol. The molecule has 0 bridgehead atoms. The Morgan fingerprint density at radius 2 is 1.07 bits per heavy atom. The predicted octanol–water partition coefficient (Wildman–Crippen LogP) is 20.3. The summed E-state index contributed by atoms with van der Waals surface area (Å²) < 4.78 is 5.14. The minimum absolute atomic E-state index is 0.417. The van der Waals surface area contributed by atoms with E-state index in [0.29, 0.717) is 11.2 Å². The van der Waals surface area contributed by atoms with Crippen LogP contribution in [0.15, 0.2) is 278 Å². The number of hydrogen-bond donors (Lipinski definition) is 0. The van der Waals surface area contributed by atoms with Gasteiger partial charge in [0.15, 0.2) is 0 Å². The van der Waals surface area contributed by atoms with Gasteiger partial charge in [-0.15, -0.1) is 23.1 Å². The molecule has 75 heavy (non-hydrogen) atoms. The van der Waals surface area contributed by atoms with E-state index in [2.05, 4.69) is 287 Å². The highest BCUT2D eigenvalue weighted by molar-refractivity contribution is 8.00. The second kappa shape index (κ2) is 18.0. The smallest absolute Gasteiger partial charge is 0.0562 e. The summed E-state index contributed by atoms with van der Waals surface area (Å²) in [5, 5.41) is 7.99. The summed E-state index contributed by atoms with van der Waals surface area (Å²) in [4.78, 5) is 6.19. The summed E-state index contributed by atoms with van der Waals surface area (Å²) in [7, 11) is 0. The molecule has 2 atom stereocenters. The molecule has 0 saturated carbocycles. The molecule has 2 aliphatic rings. The quantitative estimate of drug-likeness (QED) is 0.143. The van der Waals surface area contributed by atoms with Crippen molar-refractivity contribution in [3.63, 3.8) is 0 Å². The maximum atomic E-state index is 2.51. The average Bonchev–Trinajstić information content (AvgIpc) is 4.16. The second-order valence-corrected chi connectivity index (χ2v) is 21.8. The van der Waals surface area contributed by atoms with Crippen molar-refractivity contribution < 1.29 is 0 Å². The fraction of sp³-hybridized carbons (Fsp3) is 0.0286. The lowest BCUT2D eigenvalue weighted by molar-refractivity contribution is 0.881. The largest absolute Gasteiger partial charge is 0.310 e. The van der Waals surface area contributed by atoms with E-state index in [0.717, 1.165) is 56.5 Å². The van der Waals surface area contributed by atoms with E-state index in [1.54, 1.807) is 0 Å². The van der Waals surface area contributed by atoms with Gasteiger partial charge in [0.25, 0.3) is 0 Å². The van der Waals surface area contributed by atoms with Crippen LogP contribution in [0.4, 0.5) is 34.1 Å². The van der Waals surface area contributed by atoms with Gasteiger partial charge >= 0.3 is 0 Å². The average molecular weight is 994 g/mol. The molecule has 2 unspecified atom stereocenters. The third-order valence-corrected chi connectivity index (χ3v) is 17.8. The molecule has 0 saturated heterocycles. The molecular formula is C70H47N3S2. The molecule has 0 spiro atoms. The molecule has 0 amide bonds. The van der Waals surface area contributed by atoms with Crippen molar-refractivity contribution in [2.75, 3.05) is 9.80 Å². The Morgan fingerprint density at radius 1 is 0.400 bits per heavy atom. The highest BCUT2D eigenvalue weighted by Gasteiger charge is 2.32. The van der Waals surface area contributed by atoms with E-state index in [1.807, 2.05) is 23.1 Å². The molecule has 0 N–H and O–H groups in total. The highest BCUT2D eigenvalue weighted by atomic mass is 32.2. The van der Waals surface area contributed by atoms with Crippen molar-refractivity contribution in [2.45, 2.75) is 16.1 Å². The predicted molar refractivity (Wildman–Crippen MR) is 322 cm³/mol. The number of allylic oxidation sites excluding steroid dienone is 3. The lowest BCUT2D eigenvalue weighted by Crippen LogP contribution is -2.12. The van der Waals surface area contributed by atoms with Gasteiger partial charge in [-0.05, 0) is 130 Å². The van der Waals surface area contributed by atoms with Crippen molar-refractivity contribution in [3.05, 3.63) is 279 Å². The zero-order chi connectivity index (χ0) is 49.4. The maximum absolute atomic E-state index is 2.51. The van der Waals surface area contributed by atoms with Gasteiger partial charge in [-0.25, -0.2) is 0 Å². The third-order valence-electron chi connectivity index (χ3n) is 15.2. The number of fused-ring (bicyclic) bond motifs is 11. The molecule has 1 aliphatic heterocycles. The van der Waals surface area contributed by atoms with Gasteiger partial charge in [0.05, 0.1) is 16.7 Å². The minimum atomic E-state index is 0.417. The zero-order valence-electron chi connectivity index (χ0n) is 40.8. The van der Waals surface area contributed by atoms with Gasteiger partial charge in [-0.1, -0.05) is 176 Å². The summed E-state index contributed by atoms with van der Waals surface area (Å²) in [6.07, 6.45) is 9.14. The number of para-hydroxylation sites is 4. The van der Waals surface area contributed by atoms with Crippen molar-refractivity contribution in [1.29, 1.82) is 0 Å². The van der Waals surface area contributed by atoms with Crippen molar-refractivity contribution in [1.82, 2.24) is 4.57 Å². The summed E-state index contributed by atoms with van der Waals surface area (Å²) in [6.45, 7) is 0. The molecular weight excluding hydrogens is 947 g/mol. The zero-order valence-corrected chi connectivity index (χ0v) is 42.4. The van der Waals surface area contributed by atoms with Crippen LogP contribution in [0.25, 0.3) is 80.7 Å². The van der Waals surface area contributed by atoms with E-state index in [4.69, 9.17) is 0 Å². The SMILES string of the molecule is C1=CC2Sc3cc(-c4cc5c(c6ccc(N(c7cccc(-c8ccccc8N(c8ccccc8)c8ccccc8)c7)c7ccc8ccccc8c7)cc6n5-c5ccccc5)c5sc6ccccc6c45)ccc3C2C=C1. The van der Waals surface area contributed by atoms with Gasteiger partial charge in [-0.3, -0.25) is 0 Å². The maximum Gasteiger partial charge on any atom is 0.0562 e. The van der Waals surface area contributed by atoms with Gasteiger partial charge in [0.1, 0.15) is 0 Å². The van der Waals surface area contributed by atoms with Crippen LogP contribution in [0, 0.1) is 0 Å². The Bertz CT molecular complexity index is 4380. The van der Waals surface area contributed by atoms with Crippen LogP contribution >= 0.6 is 23.1 Å². The molecule has 13 aromatic rings. The van der Waals surface area contributed by atoms with Crippen LogP contribution in [-0.4, -0.2) is 9.82 Å². The molecule has 3 nitrogen and oxygen atoms in total. The Balaban J connectivity index is 0.957. The first-order chi connectivity index (χ1) is 37.2. The fourth-order valence-electron chi connectivity index (χ4n) is 11.9. The number of thiophene rings is 1. The molecule has 0 fully saturated rings. The standard InChI is InChI=1S/C70H47N3S2/c1-4-22-50(23-5-1)72(51-24-6-2-7-25-51)62-32-15-12-29-56(62)48-21-18-28-53(42-48)71(54-37-35-46-19-10-11-20-47(46)41-54)55-38-40-59-63(44-55)73(52-26-8-3-9-27-52)64-45-61(68-60-31-14-17-34-66(60)75-70(68)69(59)64)49-36-39-58-57-30-13-16-33-65(57)74-67(58)43-49/h1-45,57,65H. The second-order valence-electron chi connectivity index (χ2n) is 19.6. The van der Waals surface area contributed by atoms with Crippen LogP contribution in [0.1, 0.15) is 11.5 Å². The topological polar surface area (TPSA) is 11.4 Å². The van der Waals surface area contributed by atoms with Gasteiger partial charge in [0.2, 0.25) is 0 Å². The molecule has 2 aromatic heterocycles. The molecule has 1 aliphatic carbocycles. The summed E-state index contributed by atoms with van der Waals surface area (Å²) >= 11 is 3.92. The number of benzene rings is 11. The highest BCUT2D eigenvalue weighted by Crippen LogP contribution is 2.53. The third kappa shape index (κ3) is 7.33. The number of anilines is 6. The number of hydrogen-bond acceptors (Lipinski definition) is 4. The van der Waals surface area contributed by atoms with E-state index < -0.39 is 0 Å². The van der Waals surface area contributed by atoms with Crippen LogP contribution in [0.3, 0.4) is 0 Å². The van der Waals surface area contributed by atoms with Crippen LogP contribution in [-0.2, 0) is 0 Å². The number of thioether (sulfide) groups is 1. The Kier molecular flexibility index (Phi) is 10.5. The number of rotatable bonds is 9. The summed E-state index contributed by atoms with van der Waals surface area (Å²) in [6, 6.07) is 91.6. The summed E-state index contributed by atoms with van der Waals surface area (Å²) in [5.74, 6) is 0.417. The van der Waals surface area contributed by atoms with Crippen molar-refractivity contribution in [2.24, 2.45) is 0 Å². The molecule has 354 valence electrons. The first kappa shape index (κ1) is 43.7. The first-order valence-corrected chi connectivity index (χ1v) is 27.4. The molecule has 5 heteroatoms. The van der Waals surface area contributed by atoms with Crippen molar-refractivity contribution in [3.8, 4) is 27.9 Å².